The molecule has 1 aliphatic heterocycles. The maximum atomic E-state index is 11.7. The number of amides is 1. The molecule has 0 aromatic heterocycles. The Balaban J connectivity index is 2.19. The van der Waals surface area contributed by atoms with Crippen LogP contribution in [0.2, 0.25) is 0 Å². The molecule has 1 aliphatic rings. The van der Waals surface area contributed by atoms with Gasteiger partial charge < -0.3 is 5.32 Å². The summed E-state index contributed by atoms with van der Waals surface area (Å²) in [5, 5.41) is 11.6. The fourth-order valence-corrected chi connectivity index (χ4v) is 2.29. The van der Waals surface area contributed by atoms with E-state index in [1.54, 1.807) is 0 Å². The van der Waals surface area contributed by atoms with E-state index < -0.39 is 0 Å². The molecule has 0 saturated carbocycles. The van der Waals surface area contributed by atoms with Gasteiger partial charge >= 0.3 is 0 Å². The number of unbranched alkanes of at least 4 members (excludes halogenated alkanes) is 1. The minimum absolute atomic E-state index is 0.131. The first-order chi connectivity index (χ1) is 9.17. The standard InChI is InChI=1S/C14H26N4O/c1-3-4-7-16-14(19)12-17-8-10-18(11-9-17)13(2)5-6-15/h13H,3-5,7-12H2,1-2H3,(H,16,19)/t13-/m0/s1. The van der Waals surface area contributed by atoms with Gasteiger partial charge in [-0.05, 0) is 13.3 Å². The van der Waals surface area contributed by atoms with Gasteiger partial charge in [-0.25, -0.2) is 0 Å². The van der Waals surface area contributed by atoms with Gasteiger partial charge in [-0.2, -0.15) is 5.26 Å². The van der Waals surface area contributed by atoms with Crippen LogP contribution in [-0.4, -0.2) is 61.0 Å². The highest BCUT2D eigenvalue weighted by molar-refractivity contribution is 5.77. The van der Waals surface area contributed by atoms with Gasteiger partial charge in [0.05, 0.1) is 19.0 Å². The molecule has 0 unspecified atom stereocenters. The minimum atomic E-state index is 0.131. The predicted octanol–water partition coefficient (Wildman–Crippen LogP) is 0.822. The summed E-state index contributed by atoms with van der Waals surface area (Å²) < 4.78 is 0. The number of piperazine rings is 1. The summed E-state index contributed by atoms with van der Waals surface area (Å²) in [4.78, 5) is 16.2. The van der Waals surface area contributed by atoms with Crippen molar-refractivity contribution in [3.63, 3.8) is 0 Å². The second-order valence-corrected chi connectivity index (χ2v) is 5.23. The van der Waals surface area contributed by atoms with Gasteiger partial charge in [0.25, 0.3) is 0 Å². The van der Waals surface area contributed by atoms with Crippen LogP contribution in [0.3, 0.4) is 0 Å². The lowest BCUT2D eigenvalue weighted by Crippen LogP contribution is -2.51. The lowest BCUT2D eigenvalue weighted by Gasteiger charge is -2.37. The van der Waals surface area contributed by atoms with Crippen LogP contribution in [0.4, 0.5) is 0 Å². The molecule has 0 spiro atoms. The van der Waals surface area contributed by atoms with Gasteiger partial charge in [0.1, 0.15) is 0 Å². The van der Waals surface area contributed by atoms with E-state index in [-0.39, 0.29) is 5.91 Å². The summed E-state index contributed by atoms with van der Waals surface area (Å²) in [5.41, 5.74) is 0. The molecular formula is C14H26N4O. The average Bonchev–Trinajstić information content (AvgIpc) is 2.40. The summed E-state index contributed by atoms with van der Waals surface area (Å²) in [6, 6.07) is 2.54. The van der Waals surface area contributed by atoms with Gasteiger partial charge in [-0.15, -0.1) is 0 Å². The van der Waals surface area contributed by atoms with Crippen molar-refractivity contribution in [2.75, 3.05) is 39.3 Å². The molecule has 0 bridgehead atoms. The number of carbonyl (C=O) groups is 1. The third kappa shape index (κ3) is 6.04. The summed E-state index contributed by atoms with van der Waals surface area (Å²) >= 11 is 0. The van der Waals surface area contributed by atoms with E-state index in [9.17, 15) is 4.79 Å². The number of hydrogen-bond acceptors (Lipinski definition) is 4. The first-order valence-corrected chi connectivity index (χ1v) is 7.27. The van der Waals surface area contributed by atoms with E-state index in [1.807, 2.05) is 0 Å². The van der Waals surface area contributed by atoms with Crippen molar-refractivity contribution < 1.29 is 4.79 Å². The lowest BCUT2D eigenvalue weighted by atomic mass is 10.2. The van der Waals surface area contributed by atoms with Gasteiger partial charge in [-0.1, -0.05) is 13.3 Å². The molecule has 1 rings (SSSR count). The molecule has 19 heavy (non-hydrogen) atoms. The molecular weight excluding hydrogens is 240 g/mol. The highest BCUT2D eigenvalue weighted by Gasteiger charge is 2.21. The normalized spacial score (nSPS) is 18.8. The van der Waals surface area contributed by atoms with E-state index in [0.29, 0.717) is 19.0 Å². The number of hydrogen-bond donors (Lipinski definition) is 1. The fraction of sp³-hybridized carbons (Fsp3) is 0.857. The Morgan fingerprint density at radius 1 is 1.37 bits per heavy atom. The third-order valence-corrected chi connectivity index (χ3v) is 3.64. The molecule has 1 atom stereocenters. The van der Waals surface area contributed by atoms with Crippen molar-refractivity contribution >= 4 is 5.91 Å². The third-order valence-electron chi connectivity index (χ3n) is 3.64. The Hall–Kier alpha value is -1.12. The number of nitrogens with one attached hydrogen (secondary N) is 1. The Morgan fingerprint density at radius 2 is 2.05 bits per heavy atom. The summed E-state index contributed by atoms with van der Waals surface area (Å²) in [7, 11) is 0. The Morgan fingerprint density at radius 3 is 2.63 bits per heavy atom. The van der Waals surface area contributed by atoms with Gasteiger partial charge in [-0.3, -0.25) is 14.6 Å². The molecule has 0 aromatic carbocycles. The van der Waals surface area contributed by atoms with E-state index in [2.05, 4.69) is 35.0 Å². The summed E-state index contributed by atoms with van der Waals surface area (Å²) in [6.07, 6.45) is 2.73. The van der Waals surface area contributed by atoms with Crippen LogP contribution in [0.15, 0.2) is 0 Å². The maximum absolute atomic E-state index is 11.7. The molecule has 5 nitrogen and oxygen atoms in total. The first kappa shape index (κ1) is 15.9. The number of nitriles is 1. The van der Waals surface area contributed by atoms with Gasteiger partial charge in [0.2, 0.25) is 5.91 Å². The average molecular weight is 266 g/mol. The van der Waals surface area contributed by atoms with Gasteiger partial charge in [0, 0.05) is 38.8 Å². The van der Waals surface area contributed by atoms with Crippen molar-refractivity contribution in [1.29, 1.82) is 5.26 Å². The van der Waals surface area contributed by atoms with Crippen molar-refractivity contribution in [2.45, 2.75) is 39.2 Å². The van der Waals surface area contributed by atoms with Crippen LogP contribution in [0.5, 0.6) is 0 Å². The number of rotatable bonds is 7. The highest BCUT2D eigenvalue weighted by atomic mass is 16.2. The number of nitrogens with zero attached hydrogens (tertiary/aromatic N) is 3. The largest absolute Gasteiger partial charge is 0.355 e. The first-order valence-electron chi connectivity index (χ1n) is 7.27. The summed E-state index contributed by atoms with van der Waals surface area (Å²) in [5.74, 6) is 0.131. The summed E-state index contributed by atoms with van der Waals surface area (Å²) in [6.45, 7) is 9.23. The molecule has 0 aliphatic carbocycles. The smallest absolute Gasteiger partial charge is 0.234 e. The second-order valence-electron chi connectivity index (χ2n) is 5.23. The monoisotopic (exact) mass is 266 g/mol. The van der Waals surface area contributed by atoms with Gasteiger partial charge in [0.15, 0.2) is 0 Å². The Bertz CT molecular complexity index is 305. The minimum Gasteiger partial charge on any atom is -0.355 e. The van der Waals surface area contributed by atoms with E-state index in [1.165, 1.54) is 0 Å². The zero-order valence-electron chi connectivity index (χ0n) is 12.2. The van der Waals surface area contributed by atoms with Crippen LogP contribution in [0, 0.1) is 11.3 Å². The molecule has 1 saturated heterocycles. The molecule has 108 valence electrons. The molecule has 5 heteroatoms. The Kier molecular flexibility index (Phi) is 7.46. The van der Waals surface area contributed by atoms with Crippen molar-refractivity contribution in [1.82, 2.24) is 15.1 Å². The van der Waals surface area contributed by atoms with E-state index in [4.69, 9.17) is 5.26 Å². The van der Waals surface area contributed by atoms with Crippen LogP contribution < -0.4 is 5.32 Å². The topological polar surface area (TPSA) is 59.4 Å². The molecule has 1 N–H and O–H groups in total. The molecule has 1 fully saturated rings. The zero-order chi connectivity index (χ0) is 14.1. The quantitative estimate of drug-likeness (QED) is 0.693. The molecule has 0 radical (unpaired) electrons. The zero-order valence-corrected chi connectivity index (χ0v) is 12.2. The molecule has 0 aromatic rings. The predicted molar refractivity (Wildman–Crippen MR) is 75.6 cm³/mol. The van der Waals surface area contributed by atoms with E-state index in [0.717, 1.165) is 45.6 Å². The van der Waals surface area contributed by atoms with Crippen molar-refractivity contribution in [2.24, 2.45) is 0 Å². The highest BCUT2D eigenvalue weighted by Crippen LogP contribution is 2.08. The maximum Gasteiger partial charge on any atom is 0.234 e. The Labute approximate surface area is 116 Å². The van der Waals surface area contributed by atoms with Crippen LogP contribution in [0.25, 0.3) is 0 Å². The fourth-order valence-electron chi connectivity index (χ4n) is 2.29. The molecule has 1 amide bonds. The van der Waals surface area contributed by atoms with Crippen LogP contribution >= 0.6 is 0 Å². The number of carbonyl (C=O) groups excluding carboxylic acids is 1. The molecule has 1 heterocycles. The van der Waals surface area contributed by atoms with Crippen LogP contribution in [0.1, 0.15) is 33.1 Å². The van der Waals surface area contributed by atoms with Crippen molar-refractivity contribution in [3.8, 4) is 6.07 Å². The SMILES string of the molecule is CCCCNC(=O)CN1CCN([C@@H](C)CC#N)CC1. The van der Waals surface area contributed by atoms with Crippen molar-refractivity contribution in [3.05, 3.63) is 0 Å². The second kappa shape index (κ2) is 8.89. The van der Waals surface area contributed by atoms with E-state index >= 15 is 0 Å². The lowest BCUT2D eigenvalue weighted by molar-refractivity contribution is -0.122. The van der Waals surface area contributed by atoms with Crippen LogP contribution in [-0.2, 0) is 4.79 Å².